The van der Waals surface area contributed by atoms with Gasteiger partial charge in [0.2, 0.25) is 5.88 Å². The summed E-state index contributed by atoms with van der Waals surface area (Å²) in [6, 6.07) is 5.77. The number of hydrogen-bond donors (Lipinski definition) is 0. The fourth-order valence-corrected chi connectivity index (χ4v) is 2.40. The van der Waals surface area contributed by atoms with Crippen LogP contribution in [-0.2, 0) is 0 Å². The van der Waals surface area contributed by atoms with E-state index in [1.54, 1.807) is 18.9 Å². The van der Waals surface area contributed by atoms with Crippen LogP contribution in [0, 0.1) is 0 Å². The van der Waals surface area contributed by atoms with Crippen molar-refractivity contribution in [1.82, 2.24) is 4.98 Å². The van der Waals surface area contributed by atoms with Crippen LogP contribution in [0.1, 0.15) is 13.3 Å². The SMILES string of the molecule is COc1cccc(SC(C)CCCl)n1. The van der Waals surface area contributed by atoms with Gasteiger partial charge in [0.15, 0.2) is 0 Å². The zero-order valence-corrected chi connectivity index (χ0v) is 9.94. The molecule has 1 rings (SSSR count). The first-order chi connectivity index (χ1) is 6.76. The number of thioether (sulfide) groups is 1. The van der Waals surface area contributed by atoms with Gasteiger partial charge in [0.1, 0.15) is 5.03 Å². The molecular formula is C10H14ClNOS. The summed E-state index contributed by atoms with van der Waals surface area (Å²) in [6.45, 7) is 2.15. The molecule has 0 saturated carbocycles. The Kier molecular flexibility index (Phi) is 5.12. The second kappa shape index (κ2) is 6.14. The van der Waals surface area contributed by atoms with E-state index in [2.05, 4.69) is 11.9 Å². The summed E-state index contributed by atoms with van der Waals surface area (Å²) in [7, 11) is 1.62. The zero-order chi connectivity index (χ0) is 10.4. The molecule has 1 atom stereocenters. The quantitative estimate of drug-likeness (QED) is 0.574. The third-order valence-corrected chi connectivity index (χ3v) is 3.07. The van der Waals surface area contributed by atoms with E-state index in [9.17, 15) is 0 Å². The summed E-state index contributed by atoms with van der Waals surface area (Å²) in [6.07, 6.45) is 0.991. The molecule has 0 radical (unpaired) electrons. The topological polar surface area (TPSA) is 22.1 Å². The van der Waals surface area contributed by atoms with Gasteiger partial charge in [-0.3, -0.25) is 0 Å². The lowest BCUT2D eigenvalue weighted by Crippen LogP contribution is -1.97. The Morgan fingerprint density at radius 2 is 2.36 bits per heavy atom. The molecule has 0 aromatic carbocycles. The molecule has 0 spiro atoms. The Morgan fingerprint density at radius 1 is 1.57 bits per heavy atom. The first-order valence-corrected chi connectivity index (χ1v) is 5.91. The molecule has 0 aliphatic carbocycles. The minimum atomic E-state index is 0.493. The lowest BCUT2D eigenvalue weighted by Gasteiger charge is -2.08. The largest absolute Gasteiger partial charge is 0.481 e. The summed E-state index contributed by atoms with van der Waals surface area (Å²) in [4.78, 5) is 4.31. The smallest absolute Gasteiger partial charge is 0.213 e. The Labute approximate surface area is 94.0 Å². The molecule has 4 heteroatoms. The van der Waals surface area contributed by atoms with E-state index in [1.807, 2.05) is 18.2 Å². The van der Waals surface area contributed by atoms with E-state index >= 15 is 0 Å². The number of nitrogens with zero attached hydrogens (tertiary/aromatic N) is 1. The first kappa shape index (κ1) is 11.7. The van der Waals surface area contributed by atoms with Crippen molar-refractivity contribution in [1.29, 1.82) is 0 Å². The molecule has 14 heavy (non-hydrogen) atoms. The van der Waals surface area contributed by atoms with Crippen molar-refractivity contribution < 1.29 is 4.74 Å². The van der Waals surface area contributed by atoms with Gasteiger partial charge in [0.05, 0.1) is 7.11 Å². The van der Waals surface area contributed by atoms with Gasteiger partial charge in [-0.15, -0.1) is 23.4 Å². The van der Waals surface area contributed by atoms with E-state index in [1.165, 1.54) is 0 Å². The van der Waals surface area contributed by atoms with E-state index in [0.29, 0.717) is 17.0 Å². The summed E-state index contributed by atoms with van der Waals surface area (Å²) < 4.78 is 5.05. The van der Waals surface area contributed by atoms with Crippen molar-refractivity contribution in [2.24, 2.45) is 0 Å². The van der Waals surface area contributed by atoms with Crippen LogP contribution in [0.25, 0.3) is 0 Å². The molecule has 78 valence electrons. The molecule has 0 aliphatic heterocycles. The molecule has 1 aromatic rings. The molecule has 0 saturated heterocycles. The lowest BCUT2D eigenvalue weighted by atomic mass is 10.4. The van der Waals surface area contributed by atoms with Crippen LogP contribution in [0.15, 0.2) is 23.2 Å². The summed E-state index contributed by atoms with van der Waals surface area (Å²) in [5, 5.41) is 1.48. The van der Waals surface area contributed by atoms with Crippen LogP contribution in [-0.4, -0.2) is 23.2 Å². The van der Waals surface area contributed by atoms with Crippen LogP contribution in [0.5, 0.6) is 5.88 Å². The number of rotatable bonds is 5. The molecule has 2 nitrogen and oxygen atoms in total. The summed E-state index contributed by atoms with van der Waals surface area (Å²) in [5.41, 5.74) is 0. The van der Waals surface area contributed by atoms with Gasteiger partial charge in [-0.25, -0.2) is 4.98 Å². The molecule has 0 fully saturated rings. The van der Waals surface area contributed by atoms with Gasteiger partial charge < -0.3 is 4.74 Å². The number of alkyl halides is 1. The van der Waals surface area contributed by atoms with Gasteiger partial charge in [0, 0.05) is 17.2 Å². The second-order valence-electron chi connectivity index (χ2n) is 2.92. The van der Waals surface area contributed by atoms with E-state index in [0.717, 1.165) is 11.4 Å². The van der Waals surface area contributed by atoms with Crippen molar-refractivity contribution in [2.75, 3.05) is 13.0 Å². The van der Waals surface area contributed by atoms with Crippen LogP contribution < -0.4 is 4.74 Å². The number of aromatic nitrogens is 1. The number of halogens is 1. The van der Waals surface area contributed by atoms with Crippen LogP contribution in [0.3, 0.4) is 0 Å². The maximum Gasteiger partial charge on any atom is 0.213 e. The molecule has 0 bridgehead atoms. The number of hydrogen-bond acceptors (Lipinski definition) is 3. The number of ether oxygens (including phenoxy) is 1. The highest BCUT2D eigenvalue weighted by molar-refractivity contribution is 7.99. The molecule has 1 unspecified atom stereocenters. The Balaban J connectivity index is 2.57. The van der Waals surface area contributed by atoms with Gasteiger partial charge in [-0.2, -0.15) is 0 Å². The van der Waals surface area contributed by atoms with Crippen LogP contribution in [0.2, 0.25) is 0 Å². The number of pyridine rings is 1. The highest BCUT2D eigenvalue weighted by Gasteiger charge is 2.05. The molecular weight excluding hydrogens is 218 g/mol. The van der Waals surface area contributed by atoms with Crippen LogP contribution in [0.4, 0.5) is 0 Å². The minimum Gasteiger partial charge on any atom is -0.481 e. The van der Waals surface area contributed by atoms with Crippen molar-refractivity contribution in [3.63, 3.8) is 0 Å². The standard InChI is InChI=1S/C10H14ClNOS/c1-8(6-7-11)14-10-5-3-4-9(12-10)13-2/h3-5,8H,6-7H2,1-2H3. The van der Waals surface area contributed by atoms with Crippen molar-refractivity contribution >= 4 is 23.4 Å². The normalized spacial score (nSPS) is 12.5. The highest BCUT2D eigenvalue weighted by atomic mass is 35.5. The third-order valence-electron chi connectivity index (χ3n) is 1.74. The predicted molar refractivity (Wildman–Crippen MR) is 61.4 cm³/mol. The van der Waals surface area contributed by atoms with Crippen molar-refractivity contribution in [3.05, 3.63) is 18.2 Å². The van der Waals surface area contributed by atoms with E-state index in [4.69, 9.17) is 16.3 Å². The Morgan fingerprint density at radius 3 is 3.00 bits per heavy atom. The average Bonchev–Trinajstić information content (AvgIpc) is 2.18. The predicted octanol–water partition coefficient (Wildman–Crippen LogP) is 3.20. The van der Waals surface area contributed by atoms with Crippen molar-refractivity contribution in [2.45, 2.75) is 23.6 Å². The number of methoxy groups -OCH3 is 1. The lowest BCUT2D eigenvalue weighted by molar-refractivity contribution is 0.394. The van der Waals surface area contributed by atoms with Crippen LogP contribution >= 0.6 is 23.4 Å². The molecule has 0 amide bonds. The molecule has 0 N–H and O–H groups in total. The molecule has 1 aromatic heterocycles. The van der Waals surface area contributed by atoms with Gasteiger partial charge in [-0.05, 0) is 12.5 Å². The van der Waals surface area contributed by atoms with Gasteiger partial charge in [0.25, 0.3) is 0 Å². The molecule has 1 heterocycles. The minimum absolute atomic E-state index is 0.493. The highest BCUT2D eigenvalue weighted by Crippen LogP contribution is 2.24. The Hall–Kier alpha value is -0.410. The maximum absolute atomic E-state index is 5.66. The zero-order valence-electron chi connectivity index (χ0n) is 8.37. The third kappa shape index (κ3) is 3.76. The van der Waals surface area contributed by atoms with Crippen molar-refractivity contribution in [3.8, 4) is 5.88 Å². The first-order valence-electron chi connectivity index (χ1n) is 4.50. The average molecular weight is 232 g/mol. The van der Waals surface area contributed by atoms with Gasteiger partial charge in [-0.1, -0.05) is 13.0 Å². The maximum atomic E-state index is 5.66. The summed E-state index contributed by atoms with van der Waals surface area (Å²) >= 11 is 7.38. The monoisotopic (exact) mass is 231 g/mol. The fraction of sp³-hybridized carbons (Fsp3) is 0.500. The summed E-state index contributed by atoms with van der Waals surface area (Å²) in [5.74, 6) is 1.35. The van der Waals surface area contributed by atoms with Gasteiger partial charge >= 0.3 is 0 Å². The van der Waals surface area contributed by atoms with E-state index in [-0.39, 0.29) is 0 Å². The fourth-order valence-electron chi connectivity index (χ4n) is 0.994. The Bertz CT molecular complexity index is 283. The second-order valence-corrected chi connectivity index (χ2v) is 4.76. The van der Waals surface area contributed by atoms with E-state index < -0.39 is 0 Å². The molecule has 0 aliphatic rings.